The van der Waals surface area contributed by atoms with E-state index >= 15 is 0 Å². The number of azide groups is 1. The third-order valence-corrected chi connectivity index (χ3v) is 9.86. The average Bonchev–Trinajstić information content (AvgIpc) is 2.38. The maximum Gasteiger partial charge on any atom is 0.264 e. The van der Waals surface area contributed by atoms with Gasteiger partial charge in [0.2, 0.25) is 0 Å². The van der Waals surface area contributed by atoms with Gasteiger partial charge in [0.15, 0.2) is 8.32 Å². The summed E-state index contributed by atoms with van der Waals surface area (Å²) in [7, 11) is -5.41. The average molecular weight is 379 g/mol. The van der Waals surface area contributed by atoms with E-state index in [9.17, 15) is 8.42 Å². The largest absolute Gasteiger partial charge is 0.412 e. The Morgan fingerprint density at radius 3 is 2.50 bits per heavy atom. The summed E-state index contributed by atoms with van der Waals surface area (Å²) in [6, 6.07) is -0.184. The molecular formula is C14H30N4O4SSi. The van der Waals surface area contributed by atoms with Crippen molar-refractivity contribution in [3.63, 3.8) is 0 Å². The van der Waals surface area contributed by atoms with Gasteiger partial charge in [0.1, 0.15) is 0 Å². The van der Waals surface area contributed by atoms with Crippen LogP contribution < -0.4 is 0 Å². The minimum absolute atomic E-state index is 0.0651. The summed E-state index contributed by atoms with van der Waals surface area (Å²) in [4.78, 5) is 5.06. The SMILES string of the molecule is CC(C)(C)[Si](C)(C)O[C@H]1CN(CCOS(C)(=O)=O)CC[C@H]1N=[N+]=[N-]. The molecule has 0 saturated carbocycles. The Labute approximate surface area is 146 Å². The van der Waals surface area contributed by atoms with Crippen molar-refractivity contribution >= 4 is 18.4 Å². The molecule has 0 aromatic heterocycles. The first-order valence-corrected chi connectivity index (χ1v) is 12.9. The van der Waals surface area contributed by atoms with E-state index in [1.54, 1.807) is 0 Å². The second kappa shape index (κ2) is 8.16. The van der Waals surface area contributed by atoms with Crippen LogP contribution in [-0.4, -0.2) is 66.3 Å². The van der Waals surface area contributed by atoms with Crippen molar-refractivity contribution in [1.82, 2.24) is 4.90 Å². The van der Waals surface area contributed by atoms with Gasteiger partial charge in [-0.2, -0.15) is 8.42 Å². The topological polar surface area (TPSA) is 105 Å². The summed E-state index contributed by atoms with van der Waals surface area (Å²) in [5.41, 5.74) is 8.81. The molecule has 10 heteroatoms. The molecule has 0 spiro atoms. The lowest BCUT2D eigenvalue weighted by molar-refractivity contribution is 0.0553. The molecule has 0 amide bonds. The normalized spacial score (nSPS) is 23.8. The Kier molecular flexibility index (Phi) is 7.27. The van der Waals surface area contributed by atoms with Crippen molar-refractivity contribution in [1.29, 1.82) is 0 Å². The van der Waals surface area contributed by atoms with Gasteiger partial charge < -0.3 is 4.43 Å². The molecule has 1 rings (SSSR count). The number of nitrogens with zero attached hydrogens (tertiary/aromatic N) is 4. The third kappa shape index (κ3) is 6.70. The third-order valence-electron chi connectivity index (χ3n) is 4.77. The summed E-state index contributed by atoms with van der Waals surface area (Å²) < 4.78 is 33.4. The van der Waals surface area contributed by atoms with E-state index in [4.69, 9.17) is 14.1 Å². The van der Waals surface area contributed by atoms with Gasteiger partial charge in [-0.3, -0.25) is 9.08 Å². The number of rotatable bonds is 7. The first-order valence-electron chi connectivity index (χ1n) is 8.14. The molecule has 0 radical (unpaired) electrons. The number of piperidine rings is 1. The smallest absolute Gasteiger partial charge is 0.264 e. The molecule has 140 valence electrons. The molecule has 8 nitrogen and oxygen atoms in total. The summed E-state index contributed by atoms with van der Waals surface area (Å²) >= 11 is 0. The quantitative estimate of drug-likeness (QED) is 0.223. The second-order valence-electron chi connectivity index (χ2n) is 7.80. The van der Waals surface area contributed by atoms with Gasteiger partial charge in [-0.25, -0.2) is 0 Å². The summed E-state index contributed by atoms with van der Waals surface area (Å²) in [5, 5.41) is 3.97. The Morgan fingerprint density at radius 2 is 2.00 bits per heavy atom. The van der Waals surface area contributed by atoms with Gasteiger partial charge >= 0.3 is 0 Å². The Morgan fingerprint density at radius 1 is 1.38 bits per heavy atom. The Hall–Kier alpha value is -0.643. The molecule has 0 unspecified atom stereocenters. The lowest BCUT2D eigenvalue weighted by Crippen LogP contribution is -2.54. The zero-order valence-electron chi connectivity index (χ0n) is 15.5. The van der Waals surface area contributed by atoms with Crippen LogP contribution in [0.1, 0.15) is 27.2 Å². The maximum atomic E-state index is 11.1. The highest BCUT2D eigenvalue weighted by atomic mass is 32.2. The van der Waals surface area contributed by atoms with E-state index in [2.05, 4.69) is 48.8 Å². The monoisotopic (exact) mass is 378 g/mol. The van der Waals surface area contributed by atoms with Crippen LogP contribution in [0, 0.1) is 0 Å². The number of hydrogen-bond acceptors (Lipinski definition) is 6. The van der Waals surface area contributed by atoms with Crippen LogP contribution in [0.15, 0.2) is 5.11 Å². The Balaban J connectivity index is 2.74. The Bertz CT molecular complexity index is 570. The van der Waals surface area contributed by atoms with Crippen molar-refractivity contribution in [3.05, 3.63) is 10.4 Å². The molecule has 0 aliphatic carbocycles. The van der Waals surface area contributed by atoms with Crippen LogP contribution in [0.4, 0.5) is 0 Å². The fourth-order valence-corrected chi connectivity index (χ4v) is 4.08. The lowest BCUT2D eigenvalue weighted by atomic mass is 10.0. The standard InChI is InChI=1S/C14H30N4O4SSi/c1-14(2,3)24(5,6)22-13-11-18(8-7-12(13)16-17-15)9-10-21-23(4,19)20/h12-13H,7-11H2,1-6H3/t12-,13+/m1/s1. The molecule has 0 aromatic rings. The first kappa shape index (κ1) is 21.4. The van der Waals surface area contributed by atoms with Crippen molar-refractivity contribution in [2.45, 2.75) is 57.5 Å². The minimum Gasteiger partial charge on any atom is -0.412 e. The van der Waals surface area contributed by atoms with Gasteiger partial charge in [-0.1, -0.05) is 25.9 Å². The van der Waals surface area contributed by atoms with E-state index in [1.165, 1.54) is 0 Å². The van der Waals surface area contributed by atoms with Gasteiger partial charge in [0, 0.05) is 18.0 Å². The molecule has 1 fully saturated rings. The number of hydrogen-bond donors (Lipinski definition) is 0. The molecule has 0 N–H and O–H groups in total. The van der Waals surface area contributed by atoms with E-state index in [1.807, 2.05) is 0 Å². The highest BCUT2D eigenvalue weighted by molar-refractivity contribution is 7.85. The summed E-state index contributed by atoms with van der Waals surface area (Å²) in [6.45, 7) is 12.8. The predicted octanol–water partition coefficient (Wildman–Crippen LogP) is 2.74. The van der Waals surface area contributed by atoms with E-state index < -0.39 is 18.4 Å². The van der Waals surface area contributed by atoms with E-state index in [0.717, 1.165) is 12.8 Å². The highest BCUT2D eigenvalue weighted by Crippen LogP contribution is 2.38. The van der Waals surface area contributed by atoms with E-state index in [-0.39, 0.29) is 23.8 Å². The van der Waals surface area contributed by atoms with Gasteiger partial charge in [-0.15, -0.1) is 0 Å². The molecule has 2 atom stereocenters. The zero-order chi connectivity index (χ0) is 18.6. The molecular weight excluding hydrogens is 348 g/mol. The molecule has 1 saturated heterocycles. The van der Waals surface area contributed by atoms with Crippen LogP contribution in [0.2, 0.25) is 18.1 Å². The van der Waals surface area contributed by atoms with Crippen molar-refractivity contribution in [3.8, 4) is 0 Å². The molecule has 0 bridgehead atoms. The minimum atomic E-state index is -3.42. The highest BCUT2D eigenvalue weighted by Gasteiger charge is 2.42. The molecule has 24 heavy (non-hydrogen) atoms. The fourth-order valence-electron chi connectivity index (χ4n) is 2.36. The van der Waals surface area contributed by atoms with Crippen LogP contribution in [0.5, 0.6) is 0 Å². The zero-order valence-corrected chi connectivity index (χ0v) is 17.3. The van der Waals surface area contributed by atoms with Crippen LogP contribution in [0.25, 0.3) is 10.4 Å². The van der Waals surface area contributed by atoms with Crippen LogP contribution in [0.3, 0.4) is 0 Å². The van der Waals surface area contributed by atoms with Gasteiger partial charge in [0.05, 0.1) is 25.0 Å². The van der Waals surface area contributed by atoms with Crippen LogP contribution >= 0.6 is 0 Å². The summed E-state index contributed by atoms with van der Waals surface area (Å²) in [5.74, 6) is 0. The van der Waals surface area contributed by atoms with E-state index in [0.29, 0.717) is 19.5 Å². The fraction of sp³-hybridized carbons (Fsp3) is 1.00. The molecule has 1 aliphatic rings. The second-order valence-corrected chi connectivity index (χ2v) is 14.2. The molecule has 1 heterocycles. The summed E-state index contributed by atoms with van der Waals surface area (Å²) in [6.07, 6.45) is 1.57. The van der Waals surface area contributed by atoms with Gasteiger partial charge in [0.25, 0.3) is 10.1 Å². The number of likely N-dealkylation sites (tertiary alicyclic amines) is 1. The van der Waals surface area contributed by atoms with Crippen LogP contribution in [-0.2, 0) is 18.7 Å². The molecule has 0 aromatic carbocycles. The first-order chi connectivity index (χ1) is 10.9. The lowest BCUT2D eigenvalue weighted by Gasteiger charge is -2.44. The molecule has 1 aliphatic heterocycles. The van der Waals surface area contributed by atoms with Crippen molar-refractivity contribution < 1.29 is 17.0 Å². The predicted molar refractivity (Wildman–Crippen MR) is 96.9 cm³/mol. The van der Waals surface area contributed by atoms with Crippen molar-refractivity contribution in [2.75, 3.05) is 32.5 Å². The van der Waals surface area contributed by atoms with Crippen molar-refractivity contribution in [2.24, 2.45) is 5.11 Å². The maximum absolute atomic E-state index is 11.1. The van der Waals surface area contributed by atoms with Gasteiger partial charge in [-0.05, 0) is 36.6 Å².